The van der Waals surface area contributed by atoms with Crippen LogP contribution in [0.15, 0.2) is 194 Å². The van der Waals surface area contributed by atoms with Gasteiger partial charge in [0.2, 0.25) is 0 Å². The van der Waals surface area contributed by atoms with Crippen LogP contribution in [0.5, 0.6) is 0 Å². The number of aromatic nitrogens is 2. The van der Waals surface area contributed by atoms with E-state index in [1.807, 2.05) is 6.07 Å². The fourth-order valence-electron chi connectivity index (χ4n) is 9.14. The Morgan fingerprint density at radius 3 is 1.77 bits per heavy atom. The van der Waals surface area contributed by atoms with Gasteiger partial charge in [0.25, 0.3) is 0 Å². The zero-order valence-corrected chi connectivity index (χ0v) is 31.9. The lowest BCUT2D eigenvalue weighted by atomic mass is 9.81. The molecule has 2 nitrogen and oxygen atoms in total. The van der Waals surface area contributed by atoms with Crippen LogP contribution in [0.4, 0.5) is 0 Å². The van der Waals surface area contributed by atoms with Crippen LogP contribution in [0.25, 0.3) is 99.6 Å². The number of benzene rings is 9. The molecule has 0 spiro atoms. The molecule has 0 unspecified atom stereocenters. The average molecular weight is 727 g/mol. The Balaban J connectivity index is 1.06. The summed E-state index contributed by atoms with van der Waals surface area (Å²) in [6.07, 6.45) is 0. The molecule has 1 aliphatic carbocycles. The Morgan fingerprint density at radius 1 is 0.333 bits per heavy atom. The first kappa shape index (κ1) is 33.2. The maximum absolute atomic E-state index is 5.27. The molecule has 0 bridgehead atoms. The lowest BCUT2D eigenvalue weighted by Crippen LogP contribution is -2.14. The van der Waals surface area contributed by atoms with Crippen molar-refractivity contribution in [3.05, 3.63) is 205 Å². The fraction of sp³-hybridized carbons (Fsp3) is 0.0545. The predicted octanol–water partition coefficient (Wildman–Crippen LogP) is 14.6. The molecule has 57 heavy (non-hydrogen) atoms. The quantitative estimate of drug-likeness (QED) is 0.176. The third-order valence-corrected chi connectivity index (χ3v) is 12.1. The van der Waals surface area contributed by atoms with E-state index >= 15 is 0 Å². The molecule has 0 saturated heterocycles. The maximum atomic E-state index is 5.27. The highest BCUT2D eigenvalue weighted by molar-refractivity contribution is 6.07. The van der Waals surface area contributed by atoms with Crippen LogP contribution in [0.2, 0.25) is 0 Å². The van der Waals surface area contributed by atoms with Crippen molar-refractivity contribution in [1.29, 1.82) is 0 Å². The highest BCUT2D eigenvalue weighted by Crippen LogP contribution is 2.52. The Labute approximate surface area is 332 Å². The third kappa shape index (κ3) is 5.48. The zero-order chi connectivity index (χ0) is 38.1. The minimum atomic E-state index is -0.0741. The third-order valence-electron chi connectivity index (χ3n) is 12.1. The van der Waals surface area contributed by atoms with Gasteiger partial charge in [-0.3, -0.25) is 0 Å². The summed E-state index contributed by atoms with van der Waals surface area (Å²) in [5, 5.41) is 7.42. The van der Waals surface area contributed by atoms with Gasteiger partial charge in [0.15, 0.2) is 5.82 Å². The molecule has 10 aromatic rings. The summed E-state index contributed by atoms with van der Waals surface area (Å²) in [4.78, 5) is 10.5. The lowest BCUT2D eigenvalue weighted by Gasteiger charge is -2.22. The highest BCUT2D eigenvalue weighted by Gasteiger charge is 2.36. The van der Waals surface area contributed by atoms with Crippen LogP contribution < -0.4 is 0 Å². The van der Waals surface area contributed by atoms with Gasteiger partial charge in [-0.2, -0.15) is 0 Å². The SMILES string of the molecule is CC1(C)c2ccc(-c3ccc(-c4cc(-c5cccc(-c6ccc7ccccc7c6)c5)nc(-c5ccccc5)n4)c4ccccc34)cc2-c2c1ccc1ccccc21. The summed E-state index contributed by atoms with van der Waals surface area (Å²) < 4.78 is 0. The number of hydrogen-bond acceptors (Lipinski definition) is 2. The second-order valence-electron chi connectivity index (χ2n) is 15.8. The summed E-state index contributed by atoms with van der Waals surface area (Å²) in [6, 6.07) is 70.2. The van der Waals surface area contributed by atoms with Gasteiger partial charge in [-0.25, -0.2) is 9.97 Å². The second kappa shape index (κ2) is 13.0. The van der Waals surface area contributed by atoms with Crippen molar-refractivity contribution >= 4 is 32.3 Å². The Bertz CT molecular complexity index is 3210. The molecule has 268 valence electrons. The number of hydrogen-bond donors (Lipinski definition) is 0. The number of rotatable bonds is 5. The van der Waals surface area contributed by atoms with Crippen LogP contribution in [0, 0.1) is 0 Å². The summed E-state index contributed by atoms with van der Waals surface area (Å²) in [6.45, 7) is 4.71. The van der Waals surface area contributed by atoms with Gasteiger partial charge in [0.05, 0.1) is 11.4 Å². The molecule has 1 heterocycles. The van der Waals surface area contributed by atoms with E-state index in [1.54, 1.807) is 0 Å². The van der Waals surface area contributed by atoms with E-state index in [2.05, 4.69) is 202 Å². The summed E-state index contributed by atoms with van der Waals surface area (Å²) in [5.41, 5.74) is 15.1. The standard InChI is InChI=1S/C55H38N2/c1-55(2)49-29-26-41(33-48(49)53-44-20-9-8-14-36(44)25-30-50(53)55)43-27-28-47(46-22-11-10-21-45(43)46)52-34-51(56-54(57-52)37-15-4-3-5-16-37)42-19-12-18-39(32-42)40-24-23-35-13-6-7-17-38(35)31-40/h3-34H,1-2H3. The van der Waals surface area contributed by atoms with E-state index in [0.29, 0.717) is 5.82 Å². The normalized spacial score (nSPS) is 12.9. The molecule has 0 N–H and O–H groups in total. The van der Waals surface area contributed by atoms with Crippen molar-refractivity contribution in [2.24, 2.45) is 0 Å². The van der Waals surface area contributed by atoms with Crippen molar-refractivity contribution in [1.82, 2.24) is 9.97 Å². The topological polar surface area (TPSA) is 25.8 Å². The number of nitrogens with zero attached hydrogens (tertiary/aromatic N) is 2. The minimum absolute atomic E-state index is 0.0741. The van der Waals surface area contributed by atoms with E-state index < -0.39 is 0 Å². The van der Waals surface area contributed by atoms with Crippen molar-refractivity contribution in [3.63, 3.8) is 0 Å². The first-order chi connectivity index (χ1) is 28.0. The van der Waals surface area contributed by atoms with E-state index in [4.69, 9.17) is 9.97 Å². The molecule has 9 aromatic carbocycles. The monoisotopic (exact) mass is 726 g/mol. The van der Waals surface area contributed by atoms with Crippen molar-refractivity contribution in [3.8, 4) is 67.3 Å². The highest BCUT2D eigenvalue weighted by atomic mass is 14.9. The fourth-order valence-corrected chi connectivity index (χ4v) is 9.14. The van der Waals surface area contributed by atoms with Gasteiger partial charge in [-0.15, -0.1) is 0 Å². The van der Waals surface area contributed by atoms with Gasteiger partial charge >= 0.3 is 0 Å². The smallest absolute Gasteiger partial charge is 0.160 e. The van der Waals surface area contributed by atoms with Crippen molar-refractivity contribution in [2.75, 3.05) is 0 Å². The largest absolute Gasteiger partial charge is 0.228 e. The Morgan fingerprint density at radius 2 is 0.930 bits per heavy atom. The maximum Gasteiger partial charge on any atom is 0.160 e. The van der Waals surface area contributed by atoms with Crippen LogP contribution in [-0.2, 0) is 5.41 Å². The molecule has 11 rings (SSSR count). The molecule has 0 fully saturated rings. The lowest BCUT2D eigenvalue weighted by molar-refractivity contribution is 0.661. The first-order valence-corrected chi connectivity index (χ1v) is 19.7. The van der Waals surface area contributed by atoms with E-state index in [0.717, 1.165) is 39.0 Å². The second-order valence-corrected chi connectivity index (χ2v) is 15.8. The van der Waals surface area contributed by atoms with Crippen molar-refractivity contribution < 1.29 is 0 Å². The molecular weight excluding hydrogens is 689 g/mol. The van der Waals surface area contributed by atoms with Gasteiger partial charge in [0, 0.05) is 22.1 Å². The molecule has 2 heteroatoms. The van der Waals surface area contributed by atoms with Crippen LogP contribution in [0.3, 0.4) is 0 Å². The van der Waals surface area contributed by atoms with Gasteiger partial charge in [-0.1, -0.05) is 184 Å². The minimum Gasteiger partial charge on any atom is -0.228 e. The average Bonchev–Trinajstić information content (AvgIpc) is 3.51. The Hall–Kier alpha value is -7.16. The van der Waals surface area contributed by atoms with E-state index in [9.17, 15) is 0 Å². The summed E-state index contributed by atoms with van der Waals surface area (Å²) >= 11 is 0. The molecule has 1 aromatic heterocycles. The molecule has 0 saturated carbocycles. The van der Waals surface area contributed by atoms with E-state index in [1.165, 1.54) is 65.9 Å². The molecule has 0 atom stereocenters. The van der Waals surface area contributed by atoms with Crippen molar-refractivity contribution in [2.45, 2.75) is 19.3 Å². The Kier molecular flexibility index (Phi) is 7.55. The molecular formula is C55H38N2. The predicted molar refractivity (Wildman–Crippen MR) is 239 cm³/mol. The van der Waals surface area contributed by atoms with Gasteiger partial charge in [0.1, 0.15) is 0 Å². The zero-order valence-electron chi connectivity index (χ0n) is 31.9. The van der Waals surface area contributed by atoms with Gasteiger partial charge in [-0.05, 0) is 101 Å². The van der Waals surface area contributed by atoms with Crippen LogP contribution in [0.1, 0.15) is 25.0 Å². The van der Waals surface area contributed by atoms with Gasteiger partial charge < -0.3 is 0 Å². The first-order valence-electron chi connectivity index (χ1n) is 19.7. The molecule has 0 aliphatic heterocycles. The van der Waals surface area contributed by atoms with E-state index in [-0.39, 0.29) is 5.41 Å². The summed E-state index contributed by atoms with van der Waals surface area (Å²) in [7, 11) is 0. The molecule has 0 amide bonds. The molecule has 0 radical (unpaired) electrons. The summed E-state index contributed by atoms with van der Waals surface area (Å²) in [5.74, 6) is 0.708. The number of fused-ring (bicyclic) bond motifs is 7. The van der Waals surface area contributed by atoms with Crippen LogP contribution in [-0.4, -0.2) is 9.97 Å². The molecule has 1 aliphatic rings. The van der Waals surface area contributed by atoms with Crippen LogP contribution >= 0.6 is 0 Å².